The predicted molar refractivity (Wildman–Crippen MR) is 95.9 cm³/mol. The van der Waals surface area contributed by atoms with Gasteiger partial charge in [0.25, 0.3) is 0 Å². The van der Waals surface area contributed by atoms with Crippen molar-refractivity contribution in [1.29, 1.82) is 0 Å². The molecule has 0 aliphatic carbocycles. The number of H-pyrrole nitrogens is 1. The third kappa shape index (κ3) is 3.60. The van der Waals surface area contributed by atoms with Crippen LogP contribution in [0.25, 0.3) is 5.69 Å². The normalized spacial score (nSPS) is 11.8. The molecule has 1 unspecified atom stereocenters. The van der Waals surface area contributed by atoms with E-state index in [2.05, 4.69) is 20.6 Å². The van der Waals surface area contributed by atoms with Gasteiger partial charge in [0.2, 0.25) is 0 Å². The largest absolute Gasteiger partial charge is 0.331 e. The van der Waals surface area contributed by atoms with E-state index < -0.39 is 0 Å². The van der Waals surface area contributed by atoms with Crippen molar-refractivity contribution in [2.45, 2.75) is 19.9 Å². The van der Waals surface area contributed by atoms with Crippen LogP contribution in [0, 0.1) is 6.92 Å². The Labute approximate surface area is 144 Å². The summed E-state index contributed by atoms with van der Waals surface area (Å²) in [6.45, 7) is 3.71. The van der Waals surface area contributed by atoms with Crippen molar-refractivity contribution in [2.24, 2.45) is 0 Å². The first kappa shape index (κ1) is 16.5. The first-order valence-corrected chi connectivity index (χ1v) is 7.90. The van der Waals surface area contributed by atoms with Crippen LogP contribution in [-0.2, 0) is 0 Å². The Morgan fingerprint density at radius 3 is 2.60 bits per heavy atom. The Morgan fingerprint density at radius 2 is 1.92 bits per heavy atom. The second-order valence-electron chi connectivity index (χ2n) is 5.69. The minimum absolute atomic E-state index is 0.174. The molecule has 0 saturated carbocycles. The van der Waals surface area contributed by atoms with Crippen LogP contribution in [0.2, 0.25) is 0 Å². The van der Waals surface area contributed by atoms with E-state index in [1.54, 1.807) is 36.8 Å². The quantitative estimate of drug-likeness (QED) is 0.683. The van der Waals surface area contributed by atoms with Crippen molar-refractivity contribution >= 4 is 11.7 Å². The van der Waals surface area contributed by atoms with Gasteiger partial charge in [0.05, 0.1) is 17.4 Å². The summed E-state index contributed by atoms with van der Waals surface area (Å²) in [6.07, 6.45) is 4.99. The molecule has 1 atom stereocenters. The van der Waals surface area contributed by atoms with Gasteiger partial charge in [-0.3, -0.25) is 9.55 Å². The van der Waals surface area contributed by atoms with Crippen molar-refractivity contribution in [3.8, 4) is 5.69 Å². The Balaban J connectivity index is 1.80. The summed E-state index contributed by atoms with van der Waals surface area (Å²) in [4.78, 5) is 31.0. The summed E-state index contributed by atoms with van der Waals surface area (Å²) in [5.41, 5.74) is 2.61. The van der Waals surface area contributed by atoms with Gasteiger partial charge in [-0.15, -0.1) is 0 Å². The number of hydrogen-bond donors (Lipinski definition) is 3. The molecule has 0 aliphatic heterocycles. The van der Waals surface area contributed by atoms with Crippen molar-refractivity contribution in [3.05, 3.63) is 76.7 Å². The topological polar surface area (TPSA) is 91.8 Å². The summed E-state index contributed by atoms with van der Waals surface area (Å²) >= 11 is 0. The Kier molecular flexibility index (Phi) is 4.65. The van der Waals surface area contributed by atoms with Crippen LogP contribution in [0.5, 0.6) is 0 Å². The number of aromatic nitrogens is 3. The van der Waals surface area contributed by atoms with Crippen LogP contribution >= 0.6 is 0 Å². The van der Waals surface area contributed by atoms with Crippen molar-refractivity contribution in [3.63, 3.8) is 0 Å². The molecule has 3 rings (SSSR count). The van der Waals surface area contributed by atoms with E-state index in [1.807, 2.05) is 32.0 Å². The lowest BCUT2D eigenvalue weighted by molar-refractivity contribution is 0.249. The average molecular weight is 337 g/mol. The lowest BCUT2D eigenvalue weighted by atomic mass is 10.1. The fraction of sp³-hybridized carbons (Fsp3) is 0.167. The number of aryl methyl sites for hydroxylation is 1. The van der Waals surface area contributed by atoms with Gasteiger partial charge in [0, 0.05) is 24.3 Å². The number of aromatic amines is 1. The van der Waals surface area contributed by atoms with E-state index >= 15 is 0 Å². The number of hydrogen-bond acceptors (Lipinski definition) is 3. The van der Waals surface area contributed by atoms with Crippen LogP contribution in [0.4, 0.5) is 10.5 Å². The second kappa shape index (κ2) is 7.04. The lowest BCUT2D eigenvalue weighted by Crippen LogP contribution is -2.31. The molecule has 3 N–H and O–H groups in total. The monoisotopic (exact) mass is 337 g/mol. The van der Waals surface area contributed by atoms with Crippen LogP contribution in [0.3, 0.4) is 0 Å². The molecule has 0 bridgehead atoms. The highest BCUT2D eigenvalue weighted by molar-refractivity contribution is 5.91. The second-order valence-corrected chi connectivity index (χ2v) is 5.69. The number of anilines is 1. The number of rotatable bonds is 4. The number of imidazole rings is 1. The molecule has 1 aromatic carbocycles. The van der Waals surface area contributed by atoms with E-state index in [9.17, 15) is 9.59 Å². The number of nitrogens with zero attached hydrogens (tertiary/aromatic N) is 2. The number of nitrogens with one attached hydrogen (secondary N) is 3. The van der Waals surface area contributed by atoms with E-state index in [1.165, 1.54) is 4.57 Å². The molecule has 0 radical (unpaired) electrons. The SMILES string of the molecule is Cc1c[nH]c(=O)n1-c1ccccc1NC(=O)NC(C)c1ccncc1. The zero-order valence-corrected chi connectivity index (χ0v) is 14.0. The van der Waals surface area contributed by atoms with Gasteiger partial charge in [-0.1, -0.05) is 12.1 Å². The highest BCUT2D eigenvalue weighted by atomic mass is 16.2. The number of amides is 2. The predicted octanol–water partition coefficient (Wildman–Crippen LogP) is 2.75. The zero-order valence-electron chi connectivity index (χ0n) is 14.0. The third-order valence-electron chi connectivity index (χ3n) is 3.91. The summed E-state index contributed by atoms with van der Waals surface area (Å²) in [5.74, 6) is 0. The number of urea groups is 1. The van der Waals surface area contributed by atoms with Gasteiger partial charge in [-0.05, 0) is 43.7 Å². The molecule has 7 nitrogen and oxygen atoms in total. The standard InChI is InChI=1S/C18H19N5O2/c1-12-11-20-18(25)23(12)16-6-4-3-5-15(16)22-17(24)21-13(2)14-7-9-19-10-8-14/h3-11,13H,1-2H3,(H,20,25)(H2,21,22,24). The molecule has 2 amide bonds. The molecule has 128 valence electrons. The van der Waals surface area contributed by atoms with Gasteiger partial charge in [-0.2, -0.15) is 0 Å². The summed E-state index contributed by atoms with van der Waals surface area (Å²) in [6, 6.07) is 10.3. The molecule has 3 aromatic rings. The molecule has 7 heteroatoms. The maximum Gasteiger partial charge on any atom is 0.330 e. The highest BCUT2D eigenvalue weighted by Gasteiger charge is 2.13. The van der Waals surface area contributed by atoms with Crippen LogP contribution < -0.4 is 16.3 Å². The van der Waals surface area contributed by atoms with Gasteiger partial charge >= 0.3 is 11.7 Å². The number of para-hydroxylation sites is 2. The van der Waals surface area contributed by atoms with E-state index in [0.717, 1.165) is 11.3 Å². The van der Waals surface area contributed by atoms with Gasteiger partial charge in [0.1, 0.15) is 0 Å². The maximum atomic E-state index is 12.4. The summed E-state index contributed by atoms with van der Waals surface area (Å²) in [5, 5.41) is 5.69. The molecule has 0 saturated heterocycles. The lowest BCUT2D eigenvalue weighted by Gasteiger charge is -2.17. The van der Waals surface area contributed by atoms with Gasteiger partial charge < -0.3 is 15.6 Å². The maximum absolute atomic E-state index is 12.4. The molecule has 2 aromatic heterocycles. The number of carbonyl (C=O) groups is 1. The fourth-order valence-electron chi connectivity index (χ4n) is 2.62. The van der Waals surface area contributed by atoms with Crippen molar-refractivity contribution in [1.82, 2.24) is 19.9 Å². The Morgan fingerprint density at radius 1 is 1.20 bits per heavy atom. The zero-order chi connectivity index (χ0) is 17.8. The minimum Gasteiger partial charge on any atom is -0.331 e. The fourth-order valence-corrected chi connectivity index (χ4v) is 2.62. The molecule has 2 heterocycles. The van der Waals surface area contributed by atoms with E-state index in [4.69, 9.17) is 0 Å². The number of pyridine rings is 1. The Bertz CT molecular complexity index is 930. The molecule has 25 heavy (non-hydrogen) atoms. The van der Waals surface area contributed by atoms with E-state index in [-0.39, 0.29) is 17.8 Å². The van der Waals surface area contributed by atoms with Crippen molar-refractivity contribution in [2.75, 3.05) is 5.32 Å². The minimum atomic E-state index is -0.349. The molecule has 0 spiro atoms. The number of benzene rings is 1. The molecular weight excluding hydrogens is 318 g/mol. The summed E-state index contributed by atoms with van der Waals surface area (Å²) in [7, 11) is 0. The van der Waals surface area contributed by atoms with E-state index in [0.29, 0.717) is 11.4 Å². The van der Waals surface area contributed by atoms with Crippen LogP contribution in [-0.4, -0.2) is 20.6 Å². The molecule has 0 fully saturated rings. The first-order valence-electron chi connectivity index (χ1n) is 7.90. The third-order valence-corrected chi connectivity index (χ3v) is 3.91. The first-order chi connectivity index (χ1) is 12.1. The molecule has 0 aliphatic rings. The van der Waals surface area contributed by atoms with Gasteiger partial charge in [0.15, 0.2) is 0 Å². The van der Waals surface area contributed by atoms with Crippen LogP contribution in [0.15, 0.2) is 59.8 Å². The average Bonchev–Trinajstić information content (AvgIpc) is 2.95. The highest BCUT2D eigenvalue weighted by Crippen LogP contribution is 2.20. The summed E-state index contributed by atoms with van der Waals surface area (Å²) < 4.78 is 1.52. The smallest absolute Gasteiger partial charge is 0.330 e. The number of carbonyl (C=O) groups excluding carboxylic acids is 1. The molecular formula is C18H19N5O2. The Hall–Kier alpha value is -3.35. The van der Waals surface area contributed by atoms with Gasteiger partial charge in [-0.25, -0.2) is 9.59 Å². The van der Waals surface area contributed by atoms with Crippen LogP contribution in [0.1, 0.15) is 24.2 Å². The van der Waals surface area contributed by atoms with Crippen molar-refractivity contribution < 1.29 is 4.79 Å².